The summed E-state index contributed by atoms with van der Waals surface area (Å²) < 4.78 is 7.60. The van der Waals surface area contributed by atoms with Crippen LogP contribution in [0.15, 0.2) is 45.5 Å². The van der Waals surface area contributed by atoms with E-state index < -0.39 is 0 Å². The molecule has 0 amide bonds. The van der Waals surface area contributed by atoms with Crippen molar-refractivity contribution in [2.24, 2.45) is 5.84 Å². The molecule has 0 aliphatic rings. The zero-order valence-corrected chi connectivity index (χ0v) is 12.5. The molecular formula is C12H11Br2N3O. The molecule has 0 saturated carbocycles. The number of ether oxygens (including phenoxy) is 1. The number of halogens is 2. The molecule has 0 atom stereocenters. The number of nitrogens with one attached hydrogen (secondary N) is 1. The van der Waals surface area contributed by atoms with E-state index in [1.54, 1.807) is 12.3 Å². The minimum atomic E-state index is 0.456. The van der Waals surface area contributed by atoms with Crippen molar-refractivity contribution in [3.63, 3.8) is 0 Å². The number of benzene rings is 1. The Bertz CT molecular complexity index is 531. The number of anilines is 1. The topological polar surface area (TPSA) is 60.2 Å². The fourth-order valence-electron chi connectivity index (χ4n) is 1.35. The van der Waals surface area contributed by atoms with Crippen LogP contribution in [0.2, 0.25) is 0 Å². The summed E-state index contributed by atoms with van der Waals surface area (Å²) in [5, 5.41) is 0. The molecule has 0 bridgehead atoms. The second-order valence-corrected chi connectivity index (χ2v) is 5.33. The number of hydrazine groups is 1. The van der Waals surface area contributed by atoms with E-state index in [0.29, 0.717) is 12.4 Å². The second kappa shape index (κ2) is 6.17. The summed E-state index contributed by atoms with van der Waals surface area (Å²) in [4.78, 5) is 4.11. The van der Waals surface area contributed by atoms with Gasteiger partial charge in [0.25, 0.3) is 0 Å². The molecule has 0 radical (unpaired) electrons. The molecule has 2 aromatic rings. The van der Waals surface area contributed by atoms with Gasteiger partial charge < -0.3 is 10.2 Å². The quantitative estimate of drug-likeness (QED) is 0.637. The van der Waals surface area contributed by atoms with Gasteiger partial charge in [0.1, 0.15) is 18.2 Å². The van der Waals surface area contributed by atoms with Gasteiger partial charge in [-0.1, -0.05) is 22.0 Å². The van der Waals surface area contributed by atoms with Crippen LogP contribution >= 0.6 is 31.9 Å². The monoisotopic (exact) mass is 371 g/mol. The molecule has 1 aromatic heterocycles. The maximum absolute atomic E-state index is 5.69. The molecule has 3 N–H and O–H groups in total. The van der Waals surface area contributed by atoms with Crippen molar-refractivity contribution < 1.29 is 4.74 Å². The lowest BCUT2D eigenvalue weighted by Crippen LogP contribution is -2.08. The first-order valence-electron chi connectivity index (χ1n) is 5.18. The molecule has 94 valence electrons. The van der Waals surface area contributed by atoms with Crippen molar-refractivity contribution in [2.45, 2.75) is 6.61 Å². The molecule has 1 aromatic carbocycles. The van der Waals surface area contributed by atoms with E-state index in [1.165, 1.54) is 0 Å². The maximum atomic E-state index is 5.69. The molecule has 0 aliphatic carbocycles. The average Bonchev–Trinajstić information content (AvgIpc) is 2.38. The lowest BCUT2D eigenvalue weighted by atomic mass is 10.3. The predicted octanol–water partition coefficient (Wildman–Crippen LogP) is 3.47. The van der Waals surface area contributed by atoms with Gasteiger partial charge in [-0.3, -0.25) is 0 Å². The first-order valence-corrected chi connectivity index (χ1v) is 6.77. The van der Waals surface area contributed by atoms with Crippen LogP contribution in [-0.4, -0.2) is 4.98 Å². The van der Waals surface area contributed by atoms with Crippen molar-refractivity contribution in [2.75, 3.05) is 5.43 Å². The lowest BCUT2D eigenvalue weighted by Gasteiger charge is -2.08. The van der Waals surface area contributed by atoms with Gasteiger partial charge in [0, 0.05) is 16.2 Å². The van der Waals surface area contributed by atoms with Crippen molar-refractivity contribution in [1.82, 2.24) is 4.98 Å². The summed E-state index contributed by atoms with van der Waals surface area (Å²) in [5.41, 5.74) is 3.45. The maximum Gasteiger partial charge on any atom is 0.139 e. The van der Waals surface area contributed by atoms with E-state index in [2.05, 4.69) is 42.3 Å². The summed E-state index contributed by atoms with van der Waals surface area (Å²) >= 11 is 6.84. The number of pyridine rings is 1. The summed E-state index contributed by atoms with van der Waals surface area (Å²) in [6.07, 6.45) is 1.72. The predicted molar refractivity (Wildman–Crippen MR) is 78.2 cm³/mol. The van der Waals surface area contributed by atoms with Crippen LogP contribution in [0.1, 0.15) is 5.56 Å². The Morgan fingerprint density at radius 1 is 1.22 bits per heavy atom. The smallest absolute Gasteiger partial charge is 0.139 e. The molecule has 0 saturated heterocycles. The van der Waals surface area contributed by atoms with Gasteiger partial charge in [-0.05, 0) is 40.2 Å². The fraction of sp³-hybridized carbons (Fsp3) is 0.0833. The van der Waals surface area contributed by atoms with Gasteiger partial charge in [0.05, 0.1) is 4.47 Å². The zero-order valence-electron chi connectivity index (χ0n) is 9.36. The molecule has 6 heteroatoms. The highest BCUT2D eigenvalue weighted by Gasteiger charge is 2.02. The molecule has 4 nitrogen and oxygen atoms in total. The highest BCUT2D eigenvalue weighted by molar-refractivity contribution is 9.11. The third-order valence-corrected chi connectivity index (χ3v) is 3.37. The van der Waals surface area contributed by atoms with E-state index in [0.717, 1.165) is 20.3 Å². The van der Waals surface area contributed by atoms with Crippen LogP contribution in [0.25, 0.3) is 0 Å². The third-order valence-electron chi connectivity index (χ3n) is 2.26. The zero-order chi connectivity index (χ0) is 13.0. The van der Waals surface area contributed by atoms with Gasteiger partial charge in [-0.25, -0.2) is 10.8 Å². The Kier molecular flexibility index (Phi) is 4.57. The summed E-state index contributed by atoms with van der Waals surface area (Å²) in [5.74, 6) is 6.66. The largest absolute Gasteiger partial charge is 0.488 e. The van der Waals surface area contributed by atoms with Crippen LogP contribution in [-0.2, 0) is 6.61 Å². The molecule has 2 rings (SSSR count). The first-order chi connectivity index (χ1) is 8.69. The van der Waals surface area contributed by atoms with Gasteiger partial charge >= 0.3 is 0 Å². The van der Waals surface area contributed by atoms with Gasteiger partial charge in [0.15, 0.2) is 0 Å². The molecule has 0 fully saturated rings. The molecular weight excluding hydrogens is 362 g/mol. The Morgan fingerprint density at radius 3 is 2.67 bits per heavy atom. The highest BCUT2D eigenvalue weighted by Crippen LogP contribution is 2.28. The number of nitrogens with two attached hydrogens (primary N) is 1. The van der Waals surface area contributed by atoms with Crippen LogP contribution in [0.3, 0.4) is 0 Å². The Hall–Kier alpha value is -1.11. The van der Waals surface area contributed by atoms with Crippen LogP contribution in [0.5, 0.6) is 5.75 Å². The molecule has 1 heterocycles. The van der Waals surface area contributed by atoms with E-state index in [1.807, 2.05) is 24.3 Å². The molecule has 0 unspecified atom stereocenters. The number of nitrogens with zero attached hydrogens (tertiary/aromatic N) is 1. The summed E-state index contributed by atoms with van der Waals surface area (Å²) in [7, 11) is 0. The number of nitrogen functional groups attached to an aromatic ring is 1. The van der Waals surface area contributed by atoms with E-state index in [4.69, 9.17) is 10.6 Å². The molecule has 0 spiro atoms. The van der Waals surface area contributed by atoms with Crippen molar-refractivity contribution in [3.8, 4) is 5.75 Å². The standard InChI is InChI=1S/C12H11Br2N3O/c13-9-2-3-11(10(14)5-9)18-7-8-1-4-12(17-15)16-6-8/h1-6H,7,15H2,(H,16,17). The number of hydrogen-bond acceptors (Lipinski definition) is 4. The molecule has 18 heavy (non-hydrogen) atoms. The van der Waals surface area contributed by atoms with Crippen LogP contribution in [0.4, 0.5) is 5.82 Å². The summed E-state index contributed by atoms with van der Waals surface area (Å²) in [6, 6.07) is 9.48. The Balaban J connectivity index is 2.02. The molecule has 0 aliphatic heterocycles. The van der Waals surface area contributed by atoms with Crippen molar-refractivity contribution in [3.05, 3.63) is 51.0 Å². The Morgan fingerprint density at radius 2 is 2.06 bits per heavy atom. The minimum Gasteiger partial charge on any atom is -0.488 e. The highest BCUT2D eigenvalue weighted by atomic mass is 79.9. The van der Waals surface area contributed by atoms with Crippen molar-refractivity contribution >= 4 is 37.7 Å². The van der Waals surface area contributed by atoms with Crippen LogP contribution < -0.4 is 16.0 Å². The Labute approximate surface area is 122 Å². The fourth-order valence-corrected chi connectivity index (χ4v) is 2.51. The van der Waals surface area contributed by atoms with Crippen LogP contribution in [0, 0.1) is 0 Å². The third kappa shape index (κ3) is 3.44. The number of aromatic nitrogens is 1. The second-order valence-electron chi connectivity index (χ2n) is 3.56. The minimum absolute atomic E-state index is 0.456. The van der Waals surface area contributed by atoms with Gasteiger partial charge in [-0.15, -0.1) is 0 Å². The van der Waals surface area contributed by atoms with Gasteiger partial charge in [0.2, 0.25) is 0 Å². The summed E-state index contributed by atoms with van der Waals surface area (Å²) in [6.45, 7) is 0.456. The van der Waals surface area contributed by atoms with Gasteiger partial charge in [-0.2, -0.15) is 0 Å². The van der Waals surface area contributed by atoms with E-state index in [9.17, 15) is 0 Å². The number of rotatable bonds is 4. The first kappa shape index (κ1) is 13.3. The average molecular weight is 373 g/mol. The van der Waals surface area contributed by atoms with Crippen molar-refractivity contribution in [1.29, 1.82) is 0 Å². The number of hydrogen-bond donors (Lipinski definition) is 2. The normalized spacial score (nSPS) is 10.2. The lowest BCUT2D eigenvalue weighted by molar-refractivity contribution is 0.304. The van der Waals surface area contributed by atoms with E-state index in [-0.39, 0.29) is 0 Å². The SMILES string of the molecule is NNc1ccc(COc2ccc(Br)cc2Br)cn1. The van der Waals surface area contributed by atoms with E-state index >= 15 is 0 Å².